The fourth-order valence-corrected chi connectivity index (χ4v) is 1.96. The minimum atomic E-state index is -0.344. The Kier molecular flexibility index (Phi) is 4.37. The Labute approximate surface area is 115 Å². The fraction of sp³-hybridized carbons (Fsp3) is 0.200. The summed E-state index contributed by atoms with van der Waals surface area (Å²) >= 11 is 3.29. The van der Waals surface area contributed by atoms with Crippen LogP contribution >= 0.6 is 15.9 Å². The predicted octanol–water partition coefficient (Wildman–Crippen LogP) is 4.73. The molecule has 0 amide bonds. The highest BCUT2D eigenvalue weighted by Crippen LogP contribution is 2.23. The first-order valence-electron chi connectivity index (χ1n) is 5.84. The van der Waals surface area contributed by atoms with Crippen LogP contribution in [0.5, 0.6) is 5.75 Å². The summed E-state index contributed by atoms with van der Waals surface area (Å²) in [4.78, 5) is 0. The van der Waals surface area contributed by atoms with E-state index >= 15 is 0 Å². The molecule has 0 fully saturated rings. The molecule has 1 nitrogen and oxygen atoms in total. The van der Waals surface area contributed by atoms with Gasteiger partial charge in [0.2, 0.25) is 0 Å². The maximum Gasteiger partial charge on any atom is 0.165 e. The molecule has 0 radical (unpaired) electrons. The van der Waals surface area contributed by atoms with E-state index in [0.29, 0.717) is 6.61 Å². The number of ether oxygens (including phenoxy) is 1. The molecule has 0 aliphatic carbocycles. The monoisotopic (exact) mass is 308 g/mol. The van der Waals surface area contributed by atoms with E-state index < -0.39 is 0 Å². The highest BCUT2D eigenvalue weighted by atomic mass is 79.9. The maximum absolute atomic E-state index is 13.4. The van der Waals surface area contributed by atoms with Crippen molar-refractivity contribution in [3.8, 4) is 5.75 Å². The van der Waals surface area contributed by atoms with Gasteiger partial charge in [0.25, 0.3) is 0 Å². The first-order chi connectivity index (χ1) is 8.69. The third-order valence-corrected chi connectivity index (χ3v) is 3.21. The van der Waals surface area contributed by atoms with Crippen molar-refractivity contribution in [2.75, 3.05) is 0 Å². The lowest BCUT2D eigenvalue weighted by Gasteiger charge is -2.08. The molecule has 0 unspecified atom stereocenters. The Morgan fingerprint density at radius 3 is 2.39 bits per heavy atom. The zero-order valence-corrected chi connectivity index (χ0v) is 11.7. The third kappa shape index (κ3) is 3.33. The molecule has 18 heavy (non-hydrogen) atoms. The van der Waals surface area contributed by atoms with Crippen molar-refractivity contribution >= 4 is 15.9 Å². The van der Waals surface area contributed by atoms with Gasteiger partial charge in [-0.2, -0.15) is 0 Å². The molecule has 2 rings (SSSR count). The van der Waals surface area contributed by atoms with Gasteiger partial charge in [0.1, 0.15) is 6.61 Å². The molecule has 0 atom stereocenters. The van der Waals surface area contributed by atoms with Gasteiger partial charge in [-0.25, -0.2) is 4.39 Å². The lowest BCUT2D eigenvalue weighted by molar-refractivity contribution is 0.290. The molecule has 0 heterocycles. The van der Waals surface area contributed by atoms with Crippen LogP contribution in [0.15, 0.2) is 46.9 Å². The summed E-state index contributed by atoms with van der Waals surface area (Å²) in [6, 6.07) is 12.8. The van der Waals surface area contributed by atoms with E-state index in [1.54, 1.807) is 12.1 Å². The normalized spacial score (nSPS) is 10.4. The molecule has 0 aliphatic heterocycles. The van der Waals surface area contributed by atoms with Crippen LogP contribution in [0.25, 0.3) is 0 Å². The van der Waals surface area contributed by atoms with Crippen LogP contribution in [-0.2, 0) is 13.0 Å². The molecule has 2 aromatic carbocycles. The second-order valence-corrected chi connectivity index (χ2v) is 4.95. The van der Waals surface area contributed by atoms with Gasteiger partial charge in [0.05, 0.1) is 0 Å². The van der Waals surface area contributed by atoms with Crippen molar-refractivity contribution in [1.29, 1.82) is 0 Å². The average Bonchev–Trinajstić information content (AvgIpc) is 2.40. The standard InChI is InChI=1S/C15H14BrFO/c1-2-11-3-5-12(6-4-11)10-18-15-9-13(16)7-8-14(15)17/h3-9H,2,10H2,1H3. The average molecular weight is 309 g/mol. The Hall–Kier alpha value is -1.35. The molecule has 2 aromatic rings. The first kappa shape index (κ1) is 13.1. The second-order valence-electron chi connectivity index (χ2n) is 4.03. The quantitative estimate of drug-likeness (QED) is 0.793. The Balaban J connectivity index is 2.04. The predicted molar refractivity (Wildman–Crippen MR) is 74.3 cm³/mol. The zero-order chi connectivity index (χ0) is 13.0. The van der Waals surface area contributed by atoms with Crippen molar-refractivity contribution in [2.45, 2.75) is 20.0 Å². The van der Waals surface area contributed by atoms with Crippen molar-refractivity contribution < 1.29 is 9.13 Å². The fourth-order valence-electron chi connectivity index (χ4n) is 1.62. The molecule has 0 aliphatic rings. The van der Waals surface area contributed by atoms with Gasteiger partial charge >= 0.3 is 0 Å². The number of rotatable bonds is 4. The topological polar surface area (TPSA) is 9.23 Å². The third-order valence-electron chi connectivity index (χ3n) is 2.72. The van der Waals surface area contributed by atoms with E-state index in [0.717, 1.165) is 16.5 Å². The van der Waals surface area contributed by atoms with Gasteiger partial charge in [-0.05, 0) is 35.7 Å². The smallest absolute Gasteiger partial charge is 0.165 e. The van der Waals surface area contributed by atoms with Crippen molar-refractivity contribution in [1.82, 2.24) is 0 Å². The first-order valence-corrected chi connectivity index (χ1v) is 6.64. The summed E-state index contributed by atoms with van der Waals surface area (Å²) in [7, 11) is 0. The molecule has 0 aromatic heterocycles. The highest BCUT2D eigenvalue weighted by molar-refractivity contribution is 9.10. The van der Waals surface area contributed by atoms with Crippen LogP contribution in [0.1, 0.15) is 18.1 Å². The zero-order valence-electron chi connectivity index (χ0n) is 10.1. The Bertz CT molecular complexity index is 523. The van der Waals surface area contributed by atoms with Crippen molar-refractivity contribution in [3.05, 3.63) is 63.9 Å². The maximum atomic E-state index is 13.4. The van der Waals surface area contributed by atoms with Crippen molar-refractivity contribution in [3.63, 3.8) is 0 Å². The molecule has 0 bridgehead atoms. The van der Waals surface area contributed by atoms with Gasteiger partial charge in [-0.1, -0.05) is 47.1 Å². The Morgan fingerprint density at radius 1 is 1.06 bits per heavy atom. The van der Waals surface area contributed by atoms with E-state index in [-0.39, 0.29) is 11.6 Å². The van der Waals surface area contributed by atoms with Crippen LogP contribution in [0.2, 0.25) is 0 Å². The molecule has 0 N–H and O–H groups in total. The van der Waals surface area contributed by atoms with E-state index in [9.17, 15) is 4.39 Å². The summed E-state index contributed by atoms with van der Waals surface area (Å²) in [5, 5.41) is 0. The van der Waals surface area contributed by atoms with Gasteiger partial charge in [0, 0.05) is 4.47 Å². The van der Waals surface area contributed by atoms with Gasteiger partial charge in [-0.3, -0.25) is 0 Å². The molecular weight excluding hydrogens is 295 g/mol. The van der Waals surface area contributed by atoms with Crippen LogP contribution in [0.3, 0.4) is 0 Å². The van der Waals surface area contributed by atoms with Gasteiger partial charge in [-0.15, -0.1) is 0 Å². The number of benzene rings is 2. The van der Waals surface area contributed by atoms with E-state index in [1.807, 2.05) is 12.1 Å². The second kappa shape index (κ2) is 6.01. The van der Waals surface area contributed by atoms with Crippen LogP contribution in [0, 0.1) is 5.82 Å². The largest absolute Gasteiger partial charge is 0.486 e. The SMILES string of the molecule is CCc1ccc(COc2cc(Br)ccc2F)cc1. The van der Waals surface area contributed by atoms with Crippen LogP contribution in [-0.4, -0.2) is 0 Å². The van der Waals surface area contributed by atoms with E-state index in [4.69, 9.17) is 4.74 Å². The minimum absolute atomic E-state index is 0.268. The molecule has 0 saturated carbocycles. The molecule has 0 saturated heterocycles. The summed E-state index contributed by atoms with van der Waals surface area (Å²) < 4.78 is 19.7. The number of hydrogen-bond acceptors (Lipinski definition) is 1. The minimum Gasteiger partial charge on any atom is -0.486 e. The van der Waals surface area contributed by atoms with Crippen LogP contribution < -0.4 is 4.74 Å². The summed E-state index contributed by atoms with van der Waals surface area (Å²) in [6.45, 7) is 2.49. The Morgan fingerprint density at radius 2 is 1.72 bits per heavy atom. The lowest BCUT2D eigenvalue weighted by Crippen LogP contribution is -1.97. The summed E-state index contributed by atoms with van der Waals surface area (Å²) in [6.07, 6.45) is 1.02. The van der Waals surface area contributed by atoms with E-state index in [1.165, 1.54) is 11.6 Å². The van der Waals surface area contributed by atoms with Crippen molar-refractivity contribution in [2.24, 2.45) is 0 Å². The molecule has 94 valence electrons. The number of hydrogen-bond donors (Lipinski definition) is 0. The lowest BCUT2D eigenvalue weighted by atomic mass is 10.1. The van der Waals surface area contributed by atoms with Crippen LogP contribution in [0.4, 0.5) is 4.39 Å². The summed E-state index contributed by atoms with van der Waals surface area (Å²) in [5.41, 5.74) is 2.32. The van der Waals surface area contributed by atoms with E-state index in [2.05, 4.69) is 35.0 Å². The molecule has 0 spiro atoms. The van der Waals surface area contributed by atoms with Gasteiger partial charge in [0.15, 0.2) is 11.6 Å². The number of aryl methyl sites for hydroxylation is 1. The molecule has 3 heteroatoms. The highest BCUT2D eigenvalue weighted by Gasteiger charge is 2.04. The summed E-state index contributed by atoms with van der Waals surface area (Å²) in [5.74, 6) is -0.0766. The van der Waals surface area contributed by atoms with Gasteiger partial charge < -0.3 is 4.74 Å². The number of halogens is 2. The molecular formula is C15H14BrFO.